The first-order valence-electron chi connectivity index (χ1n) is 7.94. The number of hydrogen-bond acceptors (Lipinski definition) is 4. The Balaban J connectivity index is 2.00. The fourth-order valence-corrected chi connectivity index (χ4v) is 3.58. The van der Waals surface area contributed by atoms with Gasteiger partial charge in [0.1, 0.15) is 16.5 Å². The van der Waals surface area contributed by atoms with Crippen LogP contribution in [-0.2, 0) is 10.0 Å². The zero-order valence-corrected chi connectivity index (χ0v) is 15.6. The summed E-state index contributed by atoms with van der Waals surface area (Å²) in [7, 11) is -2.41. The van der Waals surface area contributed by atoms with Crippen LogP contribution in [0.15, 0.2) is 41.3 Å². The molecule has 140 valence electrons. The second kappa shape index (κ2) is 8.29. The normalized spacial score (nSPS) is 11.2. The first kappa shape index (κ1) is 19.9. The van der Waals surface area contributed by atoms with E-state index in [0.717, 1.165) is 11.1 Å². The van der Waals surface area contributed by atoms with E-state index in [0.29, 0.717) is 0 Å². The monoisotopic (exact) mass is 380 g/mol. The summed E-state index contributed by atoms with van der Waals surface area (Å²) in [5.74, 6) is -0.993. The first-order chi connectivity index (χ1) is 12.3. The molecule has 0 unspecified atom stereocenters. The van der Waals surface area contributed by atoms with E-state index in [2.05, 4.69) is 10.0 Å². The van der Waals surface area contributed by atoms with E-state index < -0.39 is 21.7 Å². The standard InChI is InChI=1S/C18H21FN2O4S/c1-12-10-16(25-3)17(11-13(12)2)26(23,24)21-9-8-20-18(22)14-6-4-5-7-15(14)19/h4-7,10-11,21H,8-9H2,1-3H3,(H,20,22). The second-order valence-electron chi connectivity index (χ2n) is 5.72. The van der Waals surface area contributed by atoms with Gasteiger partial charge in [-0.2, -0.15) is 0 Å². The van der Waals surface area contributed by atoms with E-state index in [1.165, 1.54) is 31.4 Å². The van der Waals surface area contributed by atoms with E-state index in [4.69, 9.17) is 4.74 Å². The lowest BCUT2D eigenvalue weighted by Gasteiger charge is -2.13. The number of hydrogen-bond donors (Lipinski definition) is 2. The van der Waals surface area contributed by atoms with Gasteiger partial charge in [0, 0.05) is 13.1 Å². The number of ether oxygens (including phenoxy) is 1. The van der Waals surface area contributed by atoms with Gasteiger partial charge in [-0.15, -0.1) is 0 Å². The third-order valence-electron chi connectivity index (χ3n) is 3.89. The molecule has 0 bridgehead atoms. The van der Waals surface area contributed by atoms with Crippen molar-refractivity contribution in [3.8, 4) is 5.75 Å². The van der Waals surface area contributed by atoms with Crippen molar-refractivity contribution in [2.75, 3.05) is 20.2 Å². The van der Waals surface area contributed by atoms with Crippen molar-refractivity contribution in [1.29, 1.82) is 0 Å². The maximum absolute atomic E-state index is 13.5. The van der Waals surface area contributed by atoms with Crippen molar-refractivity contribution in [2.45, 2.75) is 18.7 Å². The zero-order chi connectivity index (χ0) is 19.3. The van der Waals surface area contributed by atoms with Crippen LogP contribution in [0.2, 0.25) is 0 Å². The number of methoxy groups -OCH3 is 1. The Morgan fingerprint density at radius 2 is 1.77 bits per heavy atom. The van der Waals surface area contributed by atoms with Gasteiger partial charge in [0.25, 0.3) is 5.91 Å². The van der Waals surface area contributed by atoms with Gasteiger partial charge in [-0.3, -0.25) is 4.79 Å². The van der Waals surface area contributed by atoms with Gasteiger partial charge < -0.3 is 10.1 Å². The summed E-state index contributed by atoms with van der Waals surface area (Å²) in [5, 5.41) is 2.48. The van der Waals surface area contributed by atoms with Crippen LogP contribution in [0.3, 0.4) is 0 Å². The van der Waals surface area contributed by atoms with Gasteiger partial charge in [-0.1, -0.05) is 12.1 Å². The van der Waals surface area contributed by atoms with E-state index in [1.807, 2.05) is 13.8 Å². The molecule has 6 nitrogen and oxygen atoms in total. The fraction of sp³-hybridized carbons (Fsp3) is 0.278. The molecule has 0 heterocycles. The molecule has 0 saturated carbocycles. The number of carbonyl (C=O) groups excluding carboxylic acids is 1. The highest BCUT2D eigenvalue weighted by Crippen LogP contribution is 2.27. The van der Waals surface area contributed by atoms with Crippen LogP contribution in [-0.4, -0.2) is 34.5 Å². The number of halogens is 1. The minimum Gasteiger partial charge on any atom is -0.495 e. The lowest BCUT2D eigenvalue weighted by atomic mass is 10.1. The predicted octanol–water partition coefficient (Wildman–Crippen LogP) is 2.16. The lowest BCUT2D eigenvalue weighted by Crippen LogP contribution is -2.35. The Kier molecular flexibility index (Phi) is 6.33. The third kappa shape index (κ3) is 4.59. The smallest absolute Gasteiger partial charge is 0.254 e. The average Bonchev–Trinajstić information content (AvgIpc) is 2.60. The van der Waals surface area contributed by atoms with E-state index >= 15 is 0 Å². The number of carbonyl (C=O) groups is 1. The Labute approximate surface area is 152 Å². The van der Waals surface area contributed by atoms with Crippen molar-refractivity contribution in [2.24, 2.45) is 0 Å². The molecule has 0 aliphatic heterocycles. The molecule has 8 heteroatoms. The van der Waals surface area contributed by atoms with Crippen LogP contribution in [0.1, 0.15) is 21.5 Å². The van der Waals surface area contributed by atoms with Crippen molar-refractivity contribution >= 4 is 15.9 Å². The van der Waals surface area contributed by atoms with Crippen LogP contribution in [0.5, 0.6) is 5.75 Å². The Hall–Kier alpha value is -2.45. The summed E-state index contributed by atoms with van der Waals surface area (Å²) in [6.45, 7) is 3.64. The van der Waals surface area contributed by atoms with Gasteiger partial charge in [0.2, 0.25) is 10.0 Å². The highest BCUT2D eigenvalue weighted by molar-refractivity contribution is 7.89. The van der Waals surface area contributed by atoms with Crippen LogP contribution in [0.4, 0.5) is 4.39 Å². The van der Waals surface area contributed by atoms with Crippen LogP contribution in [0.25, 0.3) is 0 Å². The second-order valence-corrected chi connectivity index (χ2v) is 7.46. The molecule has 0 spiro atoms. The first-order valence-corrected chi connectivity index (χ1v) is 9.42. The summed E-state index contributed by atoms with van der Waals surface area (Å²) < 4.78 is 46.0. The minimum atomic E-state index is -3.81. The molecular weight excluding hydrogens is 359 g/mol. The minimum absolute atomic E-state index is 0.0134. The Bertz CT molecular complexity index is 913. The number of amides is 1. The number of sulfonamides is 1. The molecular formula is C18H21FN2O4S. The van der Waals surface area contributed by atoms with Crippen molar-refractivity contribution in [1.82, 2.24) is 10.0 Å². The van der Waals surface area contributed by atoms with E-state index in [-0.39, 0.29) is 29.3 Å². The van der Waals surface area contributed by atoms with Gasteiger partial charge in [-0.05, 0) is 49.2 Å². The highest BCUT2D eigenvalue weighted by atomic mass is 32.2. The molecule has 0 fully saturated rings. The zero-order valence-electron chi connectivity index (χ0n) is 14.8. The third-order valence-corrected chi connectivity index (χ3v) is 5.37. The van der Waals surface area contributed by atoms with E-state index in [9.17, 15) is 17.6 Å². The van der Waals surface area contributed by atoms with Crippen LogP contribution in [0, 0.1) is 19.7 Å². The van der Waals surface area contributed by atoms with E-state index in [1.54, 1.807) is 12.1 Å². The number of aryl methyl sites for hydroxylation is 2. The van der Waals surface area contributed by atoms with Crippen molar-refractivity contribution in [3.05, 3.63) is 58.9 Å². The molecule has 26 heavy (non-hydrogen) atoms. The molecule has 1 amide bonds. The van der Waals surface area contributed by atoms with Gasteiger partial charge >= 0.3 is 0 Å². The maximum atomic E-state index is 13.5. The molecule has 0 atom stereocenters. The SMILES string of the molecule is COc1cc(C)c(C)cc1S(=O)(=O)NCCNC(=O)c1ccccc1F. The molecule has 2 aromatic carbocycles. The molecule has 0 radical (unpaired) electrons. The lowest BCUT2D eigenvalue weighted by molar-refractivity contribution is 0.0950. The summed E-state index contributed by atoms with van der Waals surface area (Å²) in [6, 6.07) is 8.76. The molecule has 2 aromatic rings. The molecule has 0 aromatic heterocycles. The largest absolute Gasteiger partial charge is 0.495 e. The number of nitrogens with one attached hydrogen (secondary N) is 2. The maximum Gasteiger partial charge on any atom is 0.254 e. The molecule has 2 rings (SSSR count). The molecule has 0 aliphatic rings. The summed E-state index contributed by atoms with van der Waals surface area (Å²) >= 11 is 0. The topological polar surface area (TPSA) is 84.5 Å². The van der Waals surface area contributed by atoms with Crippen LogP contribution >= 0.6 is 0 Å². The molecule has 0 saturated heterocycles. The van der Waals surface area contributed by atoms with Gasteiger partial charge in [0.05, 0.1) is 12.7 Å². The molecule has 0 aliphatic carbocycles. The Morgan fingerprint density at radius 3 is 2.42 bits per heavy atom. The van der Waals surface area contributed by atoms with Crippen molar-refractivity contribution < 1.29 is 22.3 Å². The number of rotatable bonds is 7. The highest BCUT2D eigenvalue weighted by Gasteiger charge is 2.20. The summed E-state index contributed by atoms with van der Waals surface area (Å²) in [5.41, 5.74) is 1.64. The van der Waals surface area contributed by atoms with Gasteiger partial charge in [0.15, 0.2) is 0 Å². The average molecular weight is 380 g/mol. The predicted molar refractivity (Wildman–Crippen MR) is 96.4 cm³/mol. The summed E-state index contributed by atoms with van der Waals surface area (Å²) in [4.78, 5) is 11.9. The van der Waals surface area contributed by atoms with Crippen LogP contribution < -0.4 is 14.8 Å². The quantitative estimate of drug-likeness (QED) is 0.721. The number of benzene rings is 2. The van der Waals surface area contributed by atoms with Crippen molar-refractivity contribution in [3.63, 3.8) is 0 Å². The molecule has 2 N–H and O–H groups in total. The summed E-state index contributed by atoms with van der Waals surface area (Å²) in [6.07, 6.45) is 0. The Morgan fingerprint density at radius 1 is 1.12 bits per heavy atom. The van der Waals surface area contributed by atoms with Gasteiger partial charge in [-0.25, -0.2) is 17.5 Å². The fourth-order valence-electron chi connectivity index (χ4n) is 2.31.